The number of nitrogens with one attached hydrogen (secondary N) is 1. The molecule has 0 saturated carbocycles. The molecule has 2 aromatic rings. The van der Waals surface area contributed by atoms with Gasteiger partial charge in [0.25, 0.3) is 0 Å². The van der Waals surface area contributed by atoms with Gasteiger partial charge in [0.05, 0.1) is 16.0 Å². The molecule has 1 N–H and O–H groups in total. The number of ether oxygens (including phenoxy) is 1. The Morgan fingerprint density at radius 1 is 1.38 bits per heavy atom. The number of esters is 1. The Labute approximate surface area is 170 Å². The van der Waals surface area contributed by atoms with E-state index in [2.05, 4.69) is 10.3 Å². The van der Waals surface area contributed by atoms with Crippen LogP contribution >= 0.6 is 47.1 Å². The monoisotopic (exact) mass is 429 g/mol. The highest BCUT2D eigenvalue weighted by Gasteiger charge is 2.09. The SMILES string of the molecule is CC(=O)OCCSc1nc2ccc(NC(=O)CSC(=S)N(C)C)cc2s1. The van der Waals surface area contributed by atoms with Crippen molar-refractivity contribution in [1.82, 2.24) is 9.88 Å². The molecule has 0 spiro atoms. The summed E-state index contributed by atoms with van der Waals surface area (Å²) in [5, 5.41) is 2.88. The van der Waals surface area contributed by atoms with Gasteiger partial charge >= 0.3 is 5.97 Å². The lowest BCUT2D eigenvalue weighted by Gasteiger charge is -2.12. The predicted molar refractivity (Wildman–Crippen MR) is 114 cm³/mol. The van der Waals surface area contributed by atoms with Crippen LogP contribution in [0.4, 0.5) is 5.69 Å². The van der Waals surface area contributed by atoms with E-state index < -0.39 is 0 Å². The van der Waals surface area contributed by atoms with Gasteiger partial charge in [0, 0.05) is 32.5 Å². The molecule has 1 heterocycles. The summed E-state index contributed by atoms with van der Waals surface area (Å²) < 4.78 is 7.48. The van der Waals surface area contributed by atoms with Gasteiger partial charge in [0.2, 0.25) is 5.91 Å². The number of thiazole rings is 1. The number of amides is 1. The number of hydrogen-bond acceptors (Lipinski definition) is 8. The molecule has 6 nitrogen and oxygen atoms in total. The topological polar surface area (TPSA) is 71.5 Å². The van der Waals surface area contributed by atoms with Crippen LogP contribution in [0.25, 0.3) is 10.2 Å². The fraction of sp³-hybridized carbons (Fsp3) is 0.375. The number of nitrogens with zero attached hydrogens (tertiary/aromatic N) is 2. The van der Waals surface area contributed by atoms with Crippen LogP contribution in [-0.2, 0) is 14.3 Å². The van der Waals surface area contributed by atoms with Crippen molar-refractivity contribution in [1.29, 1.82) is 0 Å². The molecule has 26 heavy (non-hydrogen) atoms. The largest absolute Gasteiger partial charge is 0.465 e. The number of thioether (sulfide) groups is 2. The van der Waals surface area contributed by atoms with Crippen molar-refractivity contribution in [3.63, 3.8) is 0 Å². The number of anilines is 1. The first-order chi connectivity index (χ1) is 12.3. The second-order valence-electron chi connectivity index (χ2n) is 5.35. The van der Waals surface area contributed by atoms with E-state index in [-0.39, 0.29) is 17.6 Å². The fourth-order valence-corrected chi connectivity index (χ4v) is 4.57. The summed E-state index contributed by atoms with van der Waals surface area (Å²) in [6, 6.07) is 5.63. The number of carbonyl (C=O) groups excluding carboxylic acids is 2. The van der Waals surface area contributed by atoms with E-state index in [1.54, 1.807) is 28.0 Å². The summed E-state index contributed by atoms with van der Waals surface area (Å²) in [7, 11) is 3.71. The van der Waals surface area contributed by atoms with Gasteiger partial charge in [-0.25, -0.2) is 4.98 Å². The van der Waals surface area contributed by atoms with Crippen LogP contribution in [0.1, 0.15) is 6.92 Å². The highest BCUT2D eigenvalue weighted by atomic mass is 32.2. The molecule has 1 aromatic carbocycles. The smallest absolute Gasteiger partial charge is 0.302 e. The van der Waals surface area contributed by atoms with E-state index >= 15 is 0 Å². The molecule has 0 fully saturated rings. The zero-order valence-corrected chi connectivity index (χ0v) is 17.9. The average molecular weight is 430 g/mol. The highest BCUT2D eigenvalue weighted by molar-refractivity contribution is 8.23. The van der Waals surface area contributed by atoms with Gasteiger partial charge < -0.3 is 15.0 Å². The fourth-order valence-electron chi connectivity index (χ4n) is 1.81. The first-order valence-corrected chi connectivity index (χ1v) is 10.9. The van der Waals surface area contributed by atoms with Gasteiger partial charge in [-0.1, -0.05) is 35.7 Å². The lowest BCUT2D eigenvalue weighted by Crippen LogP contribution is -2.20. The average Bonchev–Trinajstić information content (AvgIpc) is 2.98. The number of rotatable bonds is 7. The molecule has 0 aliphatic heterocycles. The summed E-state index contributed by atoms with van der Waals surface area (Å²) in [5.41, 5.74) is 1.62. The molecule has 2 rings (SSSR count). The third-order valence-corrected chi connectivity index (χ3v) is 6.82. The van der Waals surface area contributed by atoms with Crippen molar-refractivity contribution in [2.75, 3.05) is 37.5 Å². The highest BCUT2D eigenvalue weighted by Crippen LogP contribution is 2.31. The van der Waals surface area contributed by atoms with Gasteiger partial charge in [-0.05, 0) is 18.2 Å². The molecule has 10 heteroatoms. The molecule has 1 aromatic heterocycles. The standard InChI is InChI=1S/C16H19N3O3S4/c1-10(20)22-6-7-24-15-18-12-5-4-11(8-13(12)26-15)17-14(21)9-25-16(23)19(2)3/h4-5,8H,6-7,9H2,1-3H3,(H,17,21). The molecular weight excluding hydrogens is 410 g/mol. The van der Waals surface area contributed by atoms with Crippen LogP contribution < -0.4 is 5.32 Å². The number of carbonyl (C=O) groups is 2. The Bertz CT molecular complexity index is 807. The van der Waals surface area contributed by atoms with E-state index in [9.17, 15) is 9.59 Å². The third kappa shape index (κ3) is 6.75. The third-order valence-electron chi connectivity index (χ3n) is 2.96. The zero-order chi connectivity index (χ0) is 19.1. The molecule has 140 valence electrons. The van der Waals surface area contributed by atoms with E-state index in [0.717, 1.165) is 20.2 Å². The van der Waals surface area contributed by atoms with E-state index in [1.165, 1.54) is 18.7 Å². The van der Waals surface area contributed by atoms with Gasteiger partial charge in [0.15, 0.2) is 4.34 Å². The van der Waals surface area contributed by atoms with Crippen molar-refractivity contribution >= 4 is 79.2 Å². The van der Waals surface area contributed by atoms with E-state index in [4.69, 9.17) is 17.0 Å². The van der Waals surface area contributed by atoms with Gasteiger partial charge in [-0.3, -0.25) is 9.59 Å². The Morgan fingerprint density at radius 3 is 2.85 bits per heavy atom. The number of benzene rings is 1. The summed E-state index contributed by atoms with van der Waals surface area (Å²) >= 11 is 9.58. The molecule has 0 unspecified atom stereocenters. The van der Waals surface area contributed by atoms with Gasteiger partial charge in [-0.2, -0.15) is 0 Å². The predicted octanol–water partition coefficient (Wildman–Crippen LogP) is 3.47. The number of fused-ring (bicyclic) bond motifs is 1. The second kappa shape index (κ2) is 10.1. The Morgan fingerprint density at radius 2 is 2.15 bits per heavy atom. The van der Waals surface area contributed by atoms with Gasteiger partial charge in [0.1, 0.15) is 10.9 Å². The summed E-state index contributed by atoms with van der Waals surface area (Å²) in [4.78, 5) is 29.1. The first-order valence-electron chi connectivity index (χ1n) is 7.66. The molecule has 0 saturated heterocycles. The molecule has 0 radical (unpaired) electrons. The van der Waals surface area contributed by atoms with Crippen LogP contribution in [0.15, 0.2) is 22.5 Å². The maximum Gasteiger partial charge on any atom is 0.302 e. The van der Waals surface area contributed by atoms with Crippen LogP contribution in [-0.4, -0.2) is 58.3 Å². The van der Waals surface area contributed by atoms with Crippen LogP contribution in [0.2, 0.25) is 0 Å². The van der Waals surface area contributed by atoms with Crippen molar-refractivity contribution in [3.8, 4) is 0 Å². The molecule has 1 amide bonds. The molecule has 0 aliphatic rings. The zero-order valence-electron chi connectivity index (χ0n) is 14.6. The Kier molecular flexibility index (Phi) is 8.14. The summed E-state index contributed by atoms with van der Waals surface area (Å²) in [6.07, 6.45) is 0. The normalized spacial score (nSPS) is 10.6. The number of aromatic nitrogens is 1. The lowest BCUT2D eigenvalue weighted by atomic mass is 10.3. The minimum absolute atomic E-state index is 0.0981. The quantitative estimate of drug-likeness (QED) is 0.310. The summed E-state index contributed by atoms with van der Waals surface area (Å²) in [5.74, 6) is 0.555. The minimum atomic E-state index is -0.278. The van der Waals surface area contributed by atoms with Crippen molar-refractivity contribution in [2.24, 2.45) is 0 Å². The van der Waals surface area contributed by atoms with E-state index in [0.29, 0.717) is 16.7 Å². The lowest BCUT2D eigenvalue weighted by molar-refractivity contribution is -0.140. The van der Waals surface area contributed by atoms with Gasteiger partial charge in [-0.15, -0.1) is 11.3 Å². The minimum Gasteiger partial charge on any atom is -0.465 e. The van der Waals surface area contributed by atoms with E-state index in [1.807, 2.05) is 32.3 Å². The Balaban J connectivity index is 1.90. The first kappa shape index (κ1) is 20.9. The molecule has 0 aliphatic carbocycles. The maximum atomic E-state index is 12.0. The second-order valence-corrected chi connectivity index (χ2v) is 9.33. The number of thiocarbonyl (C=S) groups is 1. The molecule has 0 bridgehead atoms. The molecule has 0 atom stereocenters. The molecular formula is C16H19N3O3S4. The van der Waals surface area contributed by atoms with Crippen LogP contribution in [0.3, 0.4) is 0 Å². The van der Waals surface area contributed by atoms with Crippen LogP contribution in [0.5, 0.6) is 0 Å². The maximum absolute atomic E-state index is 12.0. The Hall–Kier alpha value is -1.36. The number of hydrogen-bond donors (Lipinski definition) is 1. The summed E-state index contributed by atoms with van der Waals surface area (Å²) in [6.45, 7) is 1.76. The van der Waals surface area contributed by atoms with Crippen LogP contribution in [0, 0.1) is 0 Å². The van der Waals surface area contributed by atoms with Crippen molar-refractivity contribution < 1.29 is 14.3 Å². The van der Waals surface area contributed by atoms with Crippen molar-refractivity contribution in [2.45, 2.75) is 11.3 Å². The van der Waals surface area contributed by atoms with Crippen molar-refractivity contribution in [3.05, 3.63) is 18.2 Å².